The molecule has 3 nitrogen and oxygen atoms in total. The summed E-state index contributed by atoms with van der Waals surface area (Å²) in [5.41, 5.74) is 7.05. The monoisotopic (exact) mass is 138 g/mol. The molecule has 0 atom stereocenters. The lowest BCUT2D eigenvalue weighted by Crippen LogP contribution is -2.06. The minimum absolute atomic E-state index is 0.0509. The molecule has 0 amide bonds. The Morgan fingerprint density at radius 1 is 1.60 bits per heavy atom. The van der Waals surface area contributed by atoms with E-state index in [2.05, 4.69) is 0 Å². The molecule has 0 aromatic carbocycles. The van der Waals surface area contributed by atoms with E-state index >= 15 is 0 Å². The Morgan fingerprint density at radius 2 is 2.30 bits per heavy atom. The van der Waals surface area contributed by atoms with Crippen LogP contribution in [0, 0.1) is 5.41 Å². The zero-order chi connectivity index (χ0) is 7.56. The maximum atomic E-state index is 10.1. The van der Waals surface area contributed by atoms with Gasteiger partial charge in [-0.3, -0.25) is 10.2 Å². The van der Waals surface area contributed by atoms with Crippen molar-refractivity contribution >= 4 is 12.0 Å². The van der Waals surface area contributed by atoms with Crippen LogP contribution < -0.4 is 5.73 Å². The normalized spacial score (nSPS) is 17.6. The van der Waals surface area contributed by atoms with Gasteiger partial charge in [-0.05, 0) is 24.8 Å². The van der Waals surface area contributed by atoms with Crippen LogP contribution in [0.15, 0.2) is 11.3 Å². The minimum atomic E-state index is 0.0509. The molecule has 0 spiro atoms. The van der Waals surface area contributed by atoms with Crippen molar-refractivity contribution in [3.05, 3.63) is 11.3 Å². The van der Waals surface area contributed by atoms with Gasteiger partial charge in [-0.15, -0.1) is 0 Å². The van der Waals surface area contributed by atoms with Crippen molar-refractivity contribution in [1.29, 1.82) is 5.41 Å². The number of rotatable bonds is 2. The maximum absolute atomic E-state index is 10.1. The van der Waals surface area contributed by atoms with Crippen molar-refractivity contribution in [3.63, 3.8) is 0 Å². The zero-order valence-electron chi connectivity index (χ0n) is 5.68. The van der Waals surface area contributed by atoms with Crippen LogP contribution in [-0.2, 0) is 4.79 Å². The van der Waals surface area contributed by atoms with E-state index in [1.165, 1.54) is 0 Å². The average Bonchev–Trinajstić information content (AvgIpc) is 2.34. The quantitative estimate of drug-likeness (QED) is 0.433. The number of allylic oxidation sites excluding steroid dienone is 2. The summed E-state index contributed by atoms with van der Waals surface area (Å²) in [7, 11) is 0. The number of carbonyl (C=O) groups is 1. The molecule has 3 heteroatoms. The van der Waals surface area contributed by atoms with Gasteiger partial charge >= 0.3 is 0 Å². The fourth-order valence-corrected chi connectivity index (χ4v) is 1.15. The van der Waals surface area contributed by atoms with Crippen LogP contribution in [0.25, 0.3) is 0 Å². The SMILES string of the molecule is N=C(C=O)C1=C(N)CCC1. The second kappa shape index (κ2) is 2.64. The predicted octanol–water partition coefficient (Wildman–Crippen LogP) is 0.602. The van der Waals surface area contributed by atoms with Gasteiger partial charge in [-0.25, -0.2) is 0 Å². The van der Waals surface area contributed by atoms with Gasteiger partial charge in [-0.2, -0.15) is 0 Å². The highest BCUT2D eigenvalue weighted by Crippen LogP contribution is 2.21. The minimum Gasteiger partial charge on any atom is -0.402 e. The van der Waals surface area contributed by atoms with E-state index < -0.39 is 0 Å². The van der Waals surface area contributed by atoms with E-state index in [4.69, 9.17) is 11.1 Å². The van der Waals surface area contributed by atoms with Gasteiger partial charge < -0.3 is 5.73 Å². The van der Waals surface area contributed by atoms with Crippen LogP contribution in [0.4, 0.5) is 0 Å². The molecule has 0 fully saturated rings. The molecular weight excluding hydrogens is 128 g/mol. The molecule has 0 radical (unpaired) electrons. The Bertz CT molecular complexity index is 206. The molecule has 0 aromatic heterocycles. The van der Waals surface area contributed by atoms with E-state index in [1.807, 2.05) is 0 Å². The Hall–Kier alpha value is -1.12. The second-order valence-corrected chi connectivity index (χ2v) is 2.39. The highest BCUT2D eigenvalue weighted by molar-refractivity contribution is 6.34. The van der Waals surface area contributed by atoms with Gasteiger partial charge in [0.15, 0.2) is 6.29 Å². The van der Waals surface area contributed by atoms with Crippen LogP contribution in [0.3, 0.4) is 0 Å². The lowest BCUT2D eigenvalue weighted by Gasteiger charge is -1.96. The topological polar surface area (TPSA) is 66.9 Å². The molecule has 10 heavy (non-hydrogen) atoms. The molecule has 1 rings (SSSR count). The van der Waals surface area contributed by atoms with Crippen molar-refractivity contribution in [2.24, 2.45) is 5.73 Å². The first-order valence-corrected chi connectivity index (χ1v) is 3.27. The molecule has 1 aliphatic rings. The third-order valence-electron chi connectivity index (χ3n) is 1.70. The Labute approximate surface area is 59.4 Å². The fourth-order valence-electron chi connectivity index (χ4n) is 1.15. The van der Waals surface area contributed by atoms with E-state index in [0.29, 0.717) is 6.29 Å². The van der Waals surface area contributed by atoms with Gasteiger partial charge in [0.1, 0.15) is 0 Å². The molecule has 0 unspecified atom stereocenters. The maximum Gasteiger partial charge on any atom is 0.168 e. The molecule has 0 bridgehead atoms. The summed E-state index contributed by atoms with van der Waals surface area (Å²) >= 11 is 0. The van der Waals surface area contributed by atoms with Crippen molar-refractivity contribution in [3.8, 4) is 0 Å². The summed E-state index contributed by atoms with van der Waals surface area (Å²) in [6.07, 6.45) is 3.17. The smallest absolute Gasteiger partial charge is 0.168 e. The van der Waals surface area contributed by atoms with Gasteiger partial charge in [-0.1, -0.05) is 0 Å². The molecule has 0 heterocycles. The average molecular weight is 138 g/mol. The van der Waals surface area contributed by atoms with Gasteiger partial charge in [0.25, 0.3) is 0 Å². The van der Waals surface area contributed by atoms with E-state index in [1.54, 1.807) is 0 Å². The summed E-state index contributed by atoms with van der Waals surface area (Å²) in [4.78, 5) is 10.1. The van der Waals surface area contributed by atoms with Crippen molar-refractivity contribution in [2.45, 2.75) is 19.3 Å². The first kappa shape index (κ1) is 6.99. The lowest BCUT2D eigenvalue weighted by molar-refractivity contribution is -0.102. The highest BCUT2D eigenvalue weighted by atomic mass is 16.1. The fraction of sp³-hybridized carbons (Fsp3) is 0.429. The van der Waals surface area contributed by atoms with Gasteiger partial charge in [0.2, 0.25) is 0 Å². The Balaban J connectivity index is 2.80. The Kier molecular flexibility index (Phi) is 1.85. The third-order valence-corrected chi connectivity index (χ3v) is 1.70. The molecule has 0 saturated heterocycles. The van der Waals surface area contributed by atoms with Crippen LogP contribution >= 0.6 is 0 Å². The van der Waals surface area contributed by atoms with Crippen LogP contribution in [0.2, 0.25) is 0 Å². The summed E-state index contributed by atoms with van der Waals surface area (Å²) in [6, 6.07) is 0. The van der Waals surface area contributed by atoms with Gasteiger partial charge in [0, 0.05) is 5.70 Å². The standard InChI is InChI=1S/C7H10N2O/c8-6-3-1-2-5(6)7(9)4-10/h4,9H,1-3,8H2. The van der Waals surface area contributed by atoms with Crippen molar-refractivity contribution < 1.29 is 4.79 Å². The van der Waals surface area contributed by atoms with E-state index in [0.717, 1.165) is 30.5 Å². The predicted molar refractivity (Wildman–Crippen MR) is 38.9 cm³/mol. The summed E-state index contributed by atoms with van der Waals surface area (Å²) in [6.45, 7) is 0. The molecule has 0 saturated carbocycles. The van der Waals surface area contributed by atoms with Crippen LogP contribution in [-0.4, -0.2) is 12.0 Å². The zero-order valence-corrected chi connectivity index (χ0v) is 5.68. The van der Waals surface area contributed by atoms with E-state index in [-0.39, 0.29) is 5.71 Å². The molecule has 0 aliphatic heterocycles. The van der Waals surface area contributed by atoms with E-state index in [9.17, 15) is 4.79 Å². The second-order valence-electron chi connectivity index (χ2n) is 2.39. The number of nitrogens with one attached hydrogen (secondary N) is 1. The summed E-state index contributed by atoms with van der Waals surface area (Å²) in [5, 5.41) is 7.16. The number of aldehydes is 1. The first-order valence-electron chi connectivity index (χ1n) is 3.27. The molecule has 0 aromatic rings. The number of carbonyl (C=O) groups excluding carboxylic acids is 1. The number of hydrogen-bond acceptors (Lipinski definition) is 3. The van der Waals surface area contributed by atoms with Crippen LogP contribution in [0.5, 0.6) is 0 Å². The Morgan fingerprint density at radius 3 is 2.70 bits per heavy atom. The number of nitrogens with two attached hydrogens (primary N) is 1. The lowest BCUT2D eigenvalue weighted by atomic mass is 10.1. The molecule has 54 valence electrons. The highest BCUT2D eigenvalue weighted by Gasteiger charge is 2.14. The van der Waals surface area contributed by atoms with Crippen LogP contribution in [0.1, 0.15) is 19.3 Å². The molecule has 1 aliphatic carbocycles. The first-order chi connectivity index (χ1) is 4.75. The van der Waals surface area contributed by atoms with Crippen molar-refractivity contribution in [2.75, 3.05) is 0 Å². The summed E-state index contributed by atoms with van der Waals surface area (Å²) in [5.74, 6) is 0. The third kappa shape index (κ3) is 1.07. The molecular formula is C7H10N2O. The van der Waals surface area contributed by atoms with Crippen molar-refractivity contribution in [1.82, 2.24) is 0 Å². The number of hydrogen-bond donors (Lipinski definition) is 2. The van der Waals surface area contributed by atoms with Gasteiger partial charge in [0.05, 0.1) is 5.71 Å². The molecule has 3 N–H and O–H groups in total. The summed E-state index contributed by atoms with van der Waals surface area (Å²) < 4.78 is 0. The largest absolute Gasteiger partial charge is 0.402 e.